The first kappa shape index (κ1) is 17.6. The third-order valence-electron chi connectivity index (χ3n) is 4.59. The second kappa shape index (κ2) is 7.35. The van der Waals surface area contributed by atoms with Crippen LogP contribution in [-0.2, 0) is 14.4 Å². The number of anilines is 1. The molecule has 1 heterocycles. The summed E-state index contributed by atoms with van der Waals surface area (Å²) >= 11 is 5.67. The third kappa shape index (κ3) is 3.74. The van der Waals surface area contributed by atoms with Crippen LogP contribution in [0.3, 0.4) is 0 Å². The highest BCUT2D eigenvalue weighted by molar-refractivity contribution is 6.31. The van der Waals surface area contributed by atoms with Crippen molar-refractivity contribution < 1.29 is 18.8 Å². The number of likely N-dealkylation sites (tertiary alicyclic amines) is 1. The standard InChI is InChI=1S/C18H18ClFN2O3/c19-14-10-11(7-8-15(14)20)21-16(23)6-3-9-22-17(24)12-4-1-2-5-13(12)18(22)25/h1-2,7-8,10,12-13H,3-6,9H2,(H,21,23)/t12-,13-/m1/s1. The minimum absolute atomic E-state index is 0.0673. The first-order valence-corrected chi connectivity index (χ1v) is 8.60. The van der Waals surface area contributed by atoms with Gasteiger partial charge in [0, 0.05) is 18.7 Å². The second-order valence-electron chi connectivity index (χ2n) is 6.26. The van der Waals surface area contributed by atoms with Gasteiger partial charge in [-0.05, 0) is 37.5 Å². The van der Waals surface area contributed by atoms with Crippen molar-refractivity contribution in [3.8, 4) is 0 Å². The van der Waals surface area contributed by atoms with E-state index in [0.29, 0.717) is 24.9 Å². The molecule has 0 bridgehead atoms. The van der Waals surface area contributed by atoms with Gasteiger partial charge in [-0.15, -0.1) is 0 Å². The molecule has 1 aromatic rings. The molecular weight excluding hydrogens is 347 g/mol. The highest BCUT2D eigenvalue weighted by Crippen LogP contribution is 2.35. The van der Waals surface area contributed by atoms with Crippen LogP contribution < -0.4 is 5.32 Å². The summed E-state index contributed by atoms with van der Waals surface area (Å²) < 4.78 is 13.1. The van der Waals surface area contributed by atoms with Gasteiger partial charge in [0.1, 0.15) is 5.82 Å². The van der Waals surface area contributed by atoms with Crippen molar-refractivity contribution in [2.75, 3.05) is 11.9 Å². The van der Waals surface area contributed by atoms with Crippen LogP contribution in [0.2, 0.25) is 5.02 Å². The van der Waals surface area contributed by atoms with Crippen LogP contribution in [0.4, 0.5) is 10.1 Å². The summed E-state index contributed by atoms with van der Waals surface area (Å²) in [4.78, 5) is 37.8. The minimum Gasteiger partial charge on any atom is -0.326 e. The quantitative estimate of drug-likeness (QED) is 0.644. The molecule has 7 heteroatoms. The van der Waals surface area contributed by atoms with E-state index in [4.69, 9.17) is 11.6 Å². The topological polar surface area (TPSA) is 66.5 Å². The van der Waals surface area contributed by atoms with E-state index in [1.807, 2.05) is 12.2 Å². The fourth-order valence-electron chi connectivity index (χ4n) is 3.28. The van der Waals surface area contributed by atoms with Gasteiger partial charge >= 0.3 is 0 Å². The number of fused-ring (bicyclic) bond motifs is 1. The van der Waals surface area contributed by atoms with Gasteiger partial charge in [-0.3, -0.25) is 19.3 Å². The van der Waals surface area contributed by atoms with Gasteiger partial charge in [-0.2, -0.15) is 0 Å². The van der Waals surface area contributed by atoms with Crippen molar-refractivity contribution in [3.05, 3.63) is 41.2 Å². The van der Waals surface area contributed by atoms with Gasteiger partial charge in [-0.1, -0.05) is 23.8 Å². The largest absolute Gasteiger partial charge is 0.326 e. The summed E-state index contributed by atoms with van der Waals surface area (Å²) in [5.74, 6) is -1.59. The van der Waals surface area contributed by atoms with E-state index in [1.165, 1.54) is 23.1 Å². The summed E-state index contributed by atoms with van der Waals surface area (Å²) in [7, 11) is 0. The summed E-state index contributed by atoms with van der Waals surface area (Å²) in [6.07, 6.45) is 5.63. The second-order valence-corrected chi connectivity index (χ2v) is 6.67. The molecule has 2 atom stereocenters. The van der Waals surface area contributed by atoms with Crippen molar-refractivity contribution >= 4 is 35.0 Å². The Bertz CT molecular complexity index is 724. The number of halogens is 2. The number of allylic oxidation sites excluding steroid dienone is 2. The van der Waals surface area contributed by atoms with Crippen molar-refractivity contribution in [2.24, 2.45) is 11.8 Å². The smallest absolute Gasteiger partial charge is 0.233 e. The van der Waals surface area contributed by atoms with Gasteiger partial charge in [0.25, 0.3) is 0 Å². The normalized spacial score (nSPS) is 22.2. The van der Waals surface area contributed by atoms with Gasteiger partial charge < -0.3 is 5.32 Å². The van der Waals surface area contributed by atoms with Crippen molar-refractivity contribution in [1.82, 2.24) is 4.90 Å². The van der Waals surface area contributed by atoms with Crippen LogP contribution in [0, 0.1) is 17.7 Å². The molecule has 0 unspecified atom stereocenters. The van der Waals surface area contributed by atoms with E-state index in [2.05, 4.69) is 5.32 Å². The van der Waals surface area contributed by atoms with Gasteiger partial charge in [0.2, 0.25) is 17.7 Å². The van der Waals surface area contributed by atoms with Gasteiger partial charge in [0.05, 0.1) is 16.9 Å². The maximum Gasteiger partial charge on any atom is 0.233 e. The van der Waals surface area contributed by atoms with Crippen LogP contribution in [0.25, 0.3) is 0 Å². The van der Waals surface area contributed by atoms with Crippen LogP contribution in [0.1, 0.15) is 25.7 Å². The molecule has 1 fully saturated rings. The summed E-state index contributed by atoms with van der Waals surface area (Å²) in [6.45, 7) is 0.238. The molecule has 132 valence electrons. The van der Waals surface area contributed by atoms with Crippen molar-refractivity contribution in [1.29, 1.82) is 0 Å². The molecule has 1 aromatic carbocycles. The zero-order valence-corrected chi connectivity index (χ0v) is 14.3. The lowest BCUT2D eigenvalue weighted by Crippen LogP contribution is -2.32. The molecule has 0 saturated carbocycles. The lowest BCUT2D eigenvalue weighted by molar-refractivity contribution is -0.140. The highest BCUT2D eigenvalue weighted by atomic mass is 35.5. The number of hydrogen-bond donors (Lipinski definition) is 1. The maximum absolute atomic E-state index is 13.1. The van der Waals surface area contributed by atoms with Crippen LogP contribution in [0.5, 0.6) is 0 Å². The zero-order valence-electron chi connectivity index (χ0n) is 13.5. The predicted octanol–water partition coefficient (Wildman–Crippen LogP) is 3.15. The van der Waals surface area contributed by atoms with Crippen LogP contribution >= 0.6 is 11.6 Å². The van der Waals surface area contributed by atoms with E-state index >= 15 is 0 Å². The van der Waals surface area contributed by atoms with E-state index in [9.17, 15) is 18.8 Å². The zero-order chi connectivity index (χ0) is 18.0. The van der Waals surface area contributed by atoms with Crippen LogP contribution in [-0.4, -0.2) is 29.2 Å². The Balaban J connectivity index is 1.49. The van der Waals surface area contributed by atoms with E-state index in [0.717, 1.165) is 0 Å². The van der Waals surface area contributed by atoms with E-state index in [1.54, 1.807) is 0 Å². The van der Waals surface area contributed by atoms with Crippen molar-refractivity contribution in [3.63, 3.8) is 0 Å². The molecule has 0 aromatic heterocycles. The Labute approximate surface area is 149 Å². The predicted molar refractivity (Wildman–Crippen MR) is 91.3 cm³/mol. The Kier molecular flexibility index (Phi) is 5.18. The number of carbonyl (C=O) groups excluding carboxylic acids is 3. The average Bonchev–Trinajstić information content (AvgIpc) is 2.83. The molecule has 1 N–H and O–H groups in total. The number of imide groups is 1. The van der Waals surface area contributed by atoms with E-state index in [-0.39, 0.29) is 47.5 Å². The number of carbonyl (C=O) groups is 3. The Hall–Kier alpha value is -2.21. The van der Waals surface area contributed by atoms with Gasteiger partial charge in [-0.25, -0.2) is 4.39 Å². The third-order valence-corrected chi connectivity index (χ3v) is 4.88. The fraction of sp³-hybridized carbons (Fsp3) is 0.389. The van der Waals surface area contributed by atoms with E-state index < -0.39 is 5.82 Å². The molecule has 2 aliphatic rings. The fourth-order valence-corrected chi connectivity index (χ4v) is 3.47. The summed E-state index contributed by atoms with van der Waals surface area (Å²) in [5.41, 5.74) is 0.404. The lowest BCUT2D eigenvalue weighted by Gasteiger charge is -2.14. The molecule has 3 amide bonds. The van der Waals surface area contributed by atoms with Crippen LogP contribution in [0.15, 0.2) is 30.4 Å². The molecule has 1 aliphatic heterocycles. The molecule has 1 saturated heterocycles. The Morgan fingerprint density at radius 1 is 1.20 bits per heavy atom. The Morgan fingerprint density at radius 2 is 1.84 bits per heavy atom. The first-order valence-electron chi connectivity index (χ1n) is 8.22. The number of nitrogens with one attached hydrogen (secondary N) is 1. The summed E-state index contributed by atoms with van der Waals surface area (Å²) in [5, 5.41) is 2.55. The molecule has 3 rings (SSSR count). The number of amides is 3. The molecular formula is C18H18ClFN2O3. The number of rotatable bonds is 5. The average molecular weight is 365 g/mol. The molecule has 0 spiro atoms. The molecule has 0 radical (unpaired) electrons. The Morgan fingerprint density at radius 3 is 2.44 bits per heavy atom. The number of hydrogen-bond acceptors (Lipinski definition) is 3. The van der Waals surface area contributed by atoms with Crippen molar-refractivity contribution in [2.45, 2.75) is 25.7 Å². The minimum atomic E-state index is -0.554. The SMILES string of the molecule is O=C(CCCN1C(=O)[C@@H]2CC=CC[C@H]2C1=O)Nc1ccc(F)c(Cl)c1. The number of nitrogens with zero attached hydrogens (tertiary/aromatic N) is 1. The number of benzene rings is 1. The maximum atomic E-state index is 13.1. The first-order chi connectivity index (χ1) is 12.0. The van der Waals surface area contributed by atoms with Gasteiger partial charge in [0.15, 0.2) is 0 Å². The molecule has 5 nitrogen and oxygen atoms in total. The highest BCUT2D eigenvalue weighted by Gasteiger charge is 2.46. The lowest BCUT2D eigenvalue weighted by atomic mass is 9.85. The summed E-state index contributed by atoms with van der Waals surface area (Å²) in [6, 6.07) is 3.93. The molecule has 25 heavy (non-hydrogen) atoms. The monoisotopic (exact) mass is 364 g/mol. The molecule has 1 aliphatic carbocycles.